The molecule has 7 nitrogen and oxygen atoms in total. The number of nitrogens with zero attached hydrogens (tertiary/aromatic N) is 2. The highest BCUT2D eigenvalue weighted by molar-refractivity contribution is 7.99. The Morgan fingerprint density at radius 3 is 2.58 bits per heavy atom. The van der Waals surface area contributed by atoms with Gasteiger partial charge >= 0.3 is 0 Å². The number of nitrogen functional groups attached to an aromatic ring is 1. The van der Waals surface area contributed by atoms with Crippen LogP contribution < -0.4 is 20.6 Å². The minimum absolute atomic E-state index is 0.0646. The Morgan fingerprint density at radius 2 is 1.84 bits per heavy atom. The number of benzene rings is 2. The van der Waals surface area contributed by atoms with Crippen LogP contribution in [0.25, 0.3) is 11.3 Å². The van der Waals surface area contributed by atoms with Crippen LogP contribution in [0.5, 0.6) is 11.5 Å². The summed E-state index contributed by atoms with van der Waals surface area (Å²) < 4.78 is 12.7. The molecule has 1 aromatic heterocycles. The third-order valence-corrected chi connectivity index (χ3v) is 5.41. The van der Waals surface area contributed by atoms with Gasteiger partial charge < -0.3 is 20.6 Å². The van der Waals surface area contributed by atoms with E-state index in [1.165, 1.54) is 16.4 Å². The van der Waals surface area contributed by atoms with Crippen LogP contribution in [0.4, 0.5) is 0 Å². The molecule has 0 aliphatic carbocycles. The molecule has 3 aromatic rings. The van der Waals surface area contributed by atoms with Crippen LogP contribution in [0.15, 0.2) is 59.9 Å². The molecule has 164 valence electrons. The van der Waals surface area contributed by atoms with Crippen molar-refractivity contribution < 1.29 is 14.3 Å². The van der Waals surface area contributed by atoms with Gasteiger partial charge in [-0.1, -0.05) is 48.2 Å². The van der Waals surface area contributed by atoms with Gasteiger partial charge in [0.15, 0.2) is 16.7 Å². The number of ether oxygens (including phenoxy) is 2. The number of carbonyl (C=O) groups excluding carboxylic acids is 1. The maximum absolute atomic E-state index is 12.2. The van der Waals surface area contributed by atoms with Crippen molar-refractivity contribution in [3.8, 4) is 22.8 Å². The molecule has 1 heterocycles. The van der Waals surface area contributed by atoms with Gasteiger partial charge in [-0.05, 0) is 38.0 Å². The van der Waals surface area contributed by atoms with E-state index < -0.39 is 0 Å². The summed E-state index contributed by atoms with van der Waals surface area (Å²) in [5, 5.41) is 3.54. The van der Waals surface area contributed by atoms with Crippen LogP contribution >= 0.6 is 11.8 Å². The summed E-state index contributed by atoms with van der Waals surface area (Å²) in [7, 11) is 0. The van der Waals surface area contributed by atoms with E-state index in [4.69, 9.17) is 15.3 Å². The van der Waals surface area contributed by atoms with Crippen molar-refractivity contribution in [2.75, 3.05) is 31.4 Å². The van der Waals surface area contributed by atoms with E-state index in [1.54, 1.807) is 6.20 Å². The zero-order valence-electron chi connectivity index (χ0n) is 17.8. The summed E-state index contributed by atoms with van der Waals surface area (Å²) in [5.74, 6) is 7.64. The lowest BCUT2D eigenvalue weighted by Crippen LogP contribution is -2.27. The van der Waals surface area contributed by atoms with Gasteiger partial charge in [0.05, 0.1) is 30.9 Å². The van der Waals surface area contributed by atoms with Gasteiger partial charge in [0.25, 0.3) is 0 Å². The molecule has 31 heavy (non-hydrogen) atoms. The highest BCUT2D eigenvalue weighted by Crippen LogP contribution is 2.28. The Hall–Kier alpha value is -3.13. The van der Waals surface area contributed by atoms with E-state index in [-0.39, 0.29) is 11.7 Å². The summed E-state index contributed by atoms with van der Waals surface area (Å²) >= 11 is 1.31. The molecular formula is C23H28N4O3S. The third kappa shape index (κ3) is 6.42. The van der Waals surface area contributed by atoms with E-state index in [2.05, 4.69) is 10.3 Å². The minimum Gasteiger partial charge on any atom is -0.490 e. The van der Waals surface area contributed by atoms with Crippen molar-refractivity contribution in [3.05, 3.63) is 60.3 Å². The number of hydrogen-bond acceptors (Lipinski definition) is 6. The molecule has 2 aromatic carbocycles. The lowest BCUT2D eigenvalue weighted by molar-refractivity contribution is -0.118. The molecule has 0 saturated carbocycles. The second kappa shape index (κ2) is 11.3. The normalized spacial score (nSPS) is 10.6. The maximum atomic E-state index is 12.2. The standard InChI is InChI=1S/C23H28N4O3S/c1-3-29-20-11-10-17(14-21(20)30-4-2)12-13-25-22(28)16-31-23-26-19(15-27(23)24)18-8-6-5-7-9-18/h5-11,14-15H,3-4,12-13,16,24H2,1-2H3,(H,25,28). The molecule has 0 saturated heterocycles. The van der Waals surface area contributed by atoms with Crippen molar-refractivity contribution >= 4 is 17.7 Å². The Balaban J connectivity index is 1.48. The molecule has 0 aliphatic heterocycles. The van der Waals surface area contributed by atoms with Gasteiger partial charge in [-0.2, -0.15) is 0 Å². The molecule has 0 bridgehead atoms. The molecule has 8 heteroatoms. The highest BCUT2D eigenvalue weighted by Gasteiger charge is 2.11. The predicted octanol–water partition coefficient (Wildman–Crippen LogP) is 3.51. The Bertz CT molecular complexity index is 992. The van der Waals surface area contributed by atoms with E-state index >= 15 is 0 Å². The van der Waals surface area contributed by atoms with Crippen molar-refractivity contribution in [1.29, 1.82) is 0 Å². The Morgan fingerprint density at radius 1 is 1.10 bits per heavy atom. The molecule has 0 fully saturated rings. The average Bonchev–Trinajstić information content (AvgIpc) is 3.15. The van der Waals surface area contributed by atoms with Gasteiger partial charge in [0, 0.05) is 12.1 Å². The minimum atomic E-state index is -0.0646. The summed E-state index contributed by atoms with van der Waals surface area (Å²) in [4.78, 5) is 16.8. The number of rotatable bonds is 11. The number of aromatic nitrogens is 2. The SMILES string of the molecule is CCOc1ccc(CCNC(=O)CSc2nc(-c3ccccc3)cn2N)cc1OCC. The number of thioether (sulfide) groups is 1. The zero-order chi connectivity index (χ0) is 22.1. The second-order valence-electron chi connectivity index (χ2n) is 6.72. The lowest BCUT2D eigenvalue weighted by atomic mass is 10.1. The van der Waals surface area contributed by atoms with Crippen molar-refractivity contribution in [2.45, 2.75) is 25.4 Å². The number of nitrogens with one attached hydrogen (secondary N) is 1. The first-order chi connectivity index (χ1) is 15.1. The van der Waals surface area contributed by atoms with Crippen LogP contribution in [-0.4, -0.2) is 41.1 Å². The van der Waals surface area contributed by atoms with Crippen LogP contribution in [0.1, 0.15) is 19.4 Å². The van der Waals surface area contributed by atoms with E-state index in [0.717, 1.165) is 28.3 Å². The number of imidazole rings is 1. The predicted molar refractivity (Wildman–Crippen MR) is 124 cm³/mol. The number of nitrogens with two attached hydrogens (primary N) is 1. The van der Waals surface area contributed by atoms with Crippen LogP contribution in [-0.2, 0) is 11.2 Å². The molecule has 3 rings (SSSR count). The summed E-state index contributed by atoms with van der Waals surface area (Å²) in [6, 6.07) is 15.7. The smallest absolute Gasteiger partial charge is 0.230 e. The Kier molecular flexibility index (Phi) is 8.23. The molecule has 0 radical (unpaired) electrons. The molecule has 3 N–H and O–H groups in total. The first kappa shape index (κ1) is 22.6. The summed E-state index contributed by atoms with van der Waals surface area (Å²) in [6.07, 6.45) is 2.46. The molecule has 0 unspecified atom stereocenters. The lowest BCUT2D eigenvalue weighted by Gasteiger charge is -2.12. The Labute approximate surface area is 186 Å². The van der Waals surface area contributed by atoms with Crippen molar-refractivity contribution in [1.82, 2.24) is 15.0 Å². The molecule has 0 spiro atoms. The third-order valence-electron chi connectivity index (χ3n) is 4.44. The monoisotopic (exact) mass is 440 g/mol. The zero-order valence-corrected chi connectivity index (χ0v) is 18.7. The van der Waals surface area contributed by atoms with Crippen molar-refractivity contribution in [3.63, 3.8) is 0 Å². The number of amides is 1. The second-order valence-corrected chi connectivity index (χ2v) is 7.66. The largest absolute Gasteiger partial charge is 0.490 e. The molecule has 0 aliphatic rings. The van der Waals surface area contributed by atoms with Gasteiger partial charge in [-0.3, -0.25) is 4.79 Å². The maximum Gasteiger partial charge on any atom is 0.230 e. The van der Waals surface area contributed by atoms with Crippen molar-refractivity contribution in [2.24, 2.45) is 0 Å². The highest BCUT2D eigenvalue weighted by atomic mass is 32.2. The van der Waals surface area contributed by atoms with Crippen LogP contribution in [0.3, 0.4) is 0 Å². The fourth-order valence-electron chi connectivity index (χ4n) is 3.01. The van der Waals surface area contributed by atoms with Crippen LogP contribution in [0.2, 0.25) is 0 Å². The summed E-state index contributed by atoms with van der Waals surface area (Å²) in [6.45, 7) is 5.57. The molecular weight excluding hydrogens is 412 g/mol. The van der Waals surface area contributed by atoms with E-state index in [1.807, 2.05) is 62.4 Å². The average molecular weight is 441 g/mol. The first-order valence-electron chi connectivity index (χ1n) is 10.3. The fourth-order valence-corrected chi connectivity index (χ4v) is 3.74. The molecule has 1 amide bonds. The fraction of sp³-hybridized carbons (Fsp3) is 0.304. The van der Waals surface area contributed by atoms with Gasteiger partial charge in [-0.15, -0.1) is 0 Å². The first-order valence-corrected chi connectivity index (χ1v) is 11.3. The summed E-state index contributed by atoms with van der Waals surface area (Å²) in [5.41, 5.74) is 2.84. The van der Waals surface area contributed by atoms with Gasteiger partial charge in [-0.25, -0.2) is 9.66 Å². The van der Waals surface area contributed by atoms with Gasteiger partial charge in [0.2, 0.25) is 5.91 Å². The topological polar surface area (TPSA) is 91.4 Å². The number of carbonyl (C=O) groups is 1. The van der Waals surface area contributed by atoms with E-state index in [9.17, 15) is 4.79 Å². The molecule has 0 atom stereocenters. The quantitative estimate of drug-likeness (QED) is 0.350. The van der Waals surface area contributed by atoms with Crippen LogP contribution in [0, 0.1) is 0 Å². The van der Waals surface area contributed by atoms with Gasteiger partial charge in [0.1, 0.15) is 0 Å². The van der Waals surface area contributed by atoms with E-state index in [0.29, 0.717) is 31.3 Å². The number of hydrogen-bond donors (Lipinski definition) is 2.